The molecule has 0 saturated carbocycles. The molecule has 1 N–H and O–H groups in total. The van der Waals surface area contributed by atoms with Gasteiger partial charge in [-0.15, -0.1) is 0 Å². The number of fused-ring (bicyclic) bond motifs is 1. The van der Waals surface area contributed by atoms with E-state index in [1.807, 2.05) is 26.0 Å². The third-order valence-corrected chi connectivity index (χ3v) is 2.78. The number of carbonyl (C=O) groups excluding carboxylic acids is 1. The first-order valence-corrected chi connectivity index (χ1v) is 6.06. The number of H-pyrrole nitrogens is 1. The number of Topliss-reactive ketones (excluding diaryl/α,β-unsaturated/α-hetero) is 1. The third-order valence-electron chi connectivity index (χ3n) is 2.78. The van der Waals surface area contributed by atoms with Crippen LogP contribution in [0.5, 0.6) is 0 Å². The molecule has 1 aromatic heterocycles. The molecule has 18 heavy (non-hydrogen) atoms. The number of ketones is 1. The topological polar surface area (TPSA) is 62.8 Å². The molecule has 0 radical (unpaired) electrons. The van der Waals surface area contributed by atoms with Crippen LogP contribution in [0.1, 0.15) is 26.0 Å². The van der Waals surface area contributed by atoms with Crippen molar-refractivity contribution in [2.75, 3.05) is 0 Å². The van der Waals surface area contributed by atoms with Gasteiger partial charge >= 0.3 is 0 Å². The molecule has 0 aliphatic rings. The first-order chi connectivity index (χ1) is 8.58. The summed E-state index contributed by atoms with van der Waals surface area (Å²) in [7, 11) is 0. The van der Waals surface area contributed by atoms with E-state index in [4.69, 9.17) is 0 Å². The predicted molar refractivity (Wildman–Crippen MR) is 70.5 cm³/mol. The second-order valence-corrected chi connectivity index (χ2v) is 4.86. The van der Waals surface area contributed by atoms with Crippen molar-refractivity contribution in [2.24, 2.45) is 5.92 Å². The van der Waals surface area contributed by atoms with E-state index in [0.717, 1.165) is 5.39 Å². The van der Waals surface area contributed by atoms with Crippen molar-refractivity contribution in [1.29, 1.82) is 0 Å². The Bertz CT molecular complexity index is 629. The van der Waals surface area contributed by atoms with E-state index in [0.29, 0.717) is 23.4 Å². The molecule has 0 aliphatic heterocycles. The second-order valence-electron chi connectivity index (χ2n) is 4.86. The molecule has 1 heterocycles. The molecule has 0 saturated heterocycles. The van der Waals surface area contributed by atoms with E-state index in [2.05, 4.69) is 10.2 Å². The SMILES string of the molecule is CC(C)CC(=O)Cc1n[nH]c(=O)c2ccccc12. The van der Waals surface area contributed by atoms with Crippen molar-refractivity contribution in [3.05, 3.63) is 40.3 Å². The molecule has 0 unspecified atom stereocenters. The first kappa shape index (κ1) is 12.5. The van der Waals surface area contributed by atoms with Crippen LogP contribution >= 0.6 is 0 Å². The second kappa shape index (κ2) is 5.12. The van der Waals surface area contributed by atoms with Crippen LogP contribution in [0.3, 0.4) is 0 Å². The minimum absolute atomic E-state index is 0.148. The molecule has 2 aromatic rings. The summed E-state index contributed by atoms with van der Waals surface area (Å²) in [6, 6.07) is 7.22. The first-order valence-electron chi connectivity index (χ1n) is 6.06. The lowest BCUT2D eigenvalue weighted by atomic mass is 10.0. The lowest BCUT2D eigenvalue weighted by Crippen LogP contribution is -2.14. The minimum Gasteiger partial charge on any atom is -0.299 e. The van der Waals surface area contributed by atoms with Crippen molar-refractivity contribution in [1.82, 2.24) is 10.2 Å². The van der Waals surface area contributed by atoms with Crippen molar-refractivity contribution in [3.63, 3.8) is 0 Å². The Balaban J connectivity index is 2.37. The molecule has 0 atom stereocenters. The van der Waals surface area contributed by atoms with Gasteiger partial charge in [0.15, 0.2) is 0 Å². The third kappa shape index (κ3) is 2.64. The van der Waals surface area contributed by atoms with Crippen LogP contribution in [0.15, 0.2) is 29.1 Å². The van der Waals surface area contributed by atoms with E-state index in [1.54, 1.807) is 12.1 Å². The van der Waals surface area contributed by atoms with Crippen molar-refractivity contribution >= 4 is 16.6 Å². The fourth-order valence-corrected chi connectivity index (χ4v) is 2.02. The molecule has 4 nitrogen and oxygen atoms in total. The summed E-state index contributed by atoms with van der Waals surface area (Å²) >= 11 is 0. The Morgan fingerprint density at radius 2 is 1.94 bits per heavy atom. The number of carbonyl (C=O) groups is 1. The van der Waals surface area contributed by atoms with Crippen molar-refractivity contribution < 1.29 is 4.79 Å². The largest absolute Gasteiger partial charge is 0.299 e. The van der Waals surface area contributed by atoms with Gasteiger partial charge in [-0.05, 0) is 12.0 Å². The van der Waals surface area contributed by atoms with Crippen LogP contribution in [0.4, 0.5) is 0 Å². The maximum atomic E-state index is 11.8. The standard InChI is InChI=1S/C14H16N2O2/c1-9(2)7-10(17)8-13-11-5-3-4-6-12(11)14(18)16-15-13/h3-6,9H,7-8H2,1-2H3,(H,16,18). The van der Waals surface area contributed by atoms with Crippen LogP contribution in [-0.4, -0.2) is 16.0 Å². The quantitative estimate of drug-likeness (QED) is 0.895. The molecule has 1 aromatic carbocycles. The van der Waals surface area contributed by atoms with Gasteiger partial charge in [0.2, 0.25) is 0 Å². The highest BCUT2D eigenvalue weighted by Gasteiger charge is 2.11. The van der Waals surface area contributed by atoms with E-state index in [1.165, 1.54) is 0 Å². The zero-order valence-corrected chi connectivity index (χ0v) is 10.6. The Morgan fingerprint density at radius 3 is 2.61 bits per heavy atom. The fourth-order valence-electron chi connectivity index (χ4n) is 2.02. The molecular weight excluding hydrogens is 228 g/mol. The van der Waals surface area contributed by atoms with Crippen LogP contribution in [-0.2, 0) is 11.2 Å². The number of aromatic nitrogens is 2. The molecule has 0 fully saturated rings. The number of nitrogens with one attached hydrogen (secondary N) is 1. The van der Waals surface area contributed by atoms with Gasteiger partial charge < -0.3 is 0 Å². The lowest BCUT2D eigenvalue weighted by Gasteiger charge is -2.05. The molecule has 0 bridgehead atoms. The predicted octanol–water partition coefficient (Wildman–Crippen LogP) is 2.08. The molecule has 0 spiro atoms. The number of rotatable bonds is 4. The van der Waals surface area contributed by atoms with Crippen molar-refractivity contribution in [2.45, 2.75) is 26.7 Å². The number of benzene rings is 1. The molecule has 0 aliphatic carbocycles. The fraction of sp³-hybridized carbons (Fsp3) is 0.357. The Hall–Kier alpha value is -1.97. The van der Waals surface area contributed by atoms with E-state index in [9.17, 15) is 9.59 Å². The van der Waals surface area contributed by atoms with Gasteiger partial charge in [0.05, 0.1) is 17.5 Å². The van der Waals surface area contributed by atoms with E-state index >= 15 is 0 Å². The van der Waals surface area contributed by atoms with Crippen molar-refractivity contribution in [3.8, 4) is 0 Å². The zero-order chi connectivity index (χ0) is 13.1. The van der Waals surface area contributed by atoms with Crippen LogP contribution in [0.25, 0.3) is 10.8 Å². The highest BCUT2D eigenvalue weighted by Crippen LogP contribution is 2.14. The highest BCUT2D eigenvalue weighted by atomic mass is 16.1. The van der Waals surface area contributed by atoms with Gasteiger partial charge in [-0.3, -0.25) is 9.59 Å². The molecule has 2 rings (SSSR count). The highest BCUT2D eigenvalue weighted by molar-refractivity contribution is 5.89. The maximum absolute atomic E-state index is 11.8. The van der Waals surface area contributed by atoms with Gasteiger partial charge in [-0.25, -0.2) is 5.10 Å². The number of aromatic amines is 1. The molecular formula is C14H16N2O2. The van der Waals surface area contributed by atoms with Crippen LogP contribution < -0.4 is 5.56 Å². The monoisotopic (exact) mass is 244 g/mol. The normalized spacial score (nSPS) is 11.1. The average molecular weight is 244 g/mol. The van der Waals surface area contributed by atoms with Gasteiger partial charge in [0.1, 0.15) is 5.78 Å². The van der Waals surface area contributed by atoms with Crippen LogP contribution in [0, 0.1) is 5.92 Å². The van der Waals surface area contributed by atoms with Crippen LogP contribution in [0.2, 0.25) is 0 Å². The summed E-state index contributed by atoms with van der Waals surface area (Å²) in [6.07, 6.45) is 0.810. The van der Waals surface area contributed by atoms with Gasteiger partial charge in [0, 0.05) is 11.8 Å². The summed E-state index contributed by atoms with van der Waals surface area (Å²) in [6.45, 7) is 4.02. The summed E-state index contributed by atoms with van der Waals surface area (Å²) in [5.41, 5.74) is 0.432. The number of nitrogens with zero attached hydrogens (tertiary/aromatic N) is 1. The lowest BCUT2D eigenvalue weighted by molar-refractivity contribution is -0.119. The smallest absolute Gasteiger partial charge is 0.272 e. The number of hydrogen-bond acceptors (Lipinski definition) is 3. The average Bonchev–Trinajstić information content (AvgIpc) is 2.32. The van der Waals surface area contributed by atoms with Gasteiger partial charge in [-0.1, -0.05) is 32.0 Å². The number of hydrogen-bond donors (Lipinski definition) is 1. The summed E-state index contributed by atoms with van der Waals surface area (Å²) in [5.74, 6) is 0.487. The molecule has 94 valence electrons. The van der Waals surface area contributed by atoms with Gasteiger partial charge in [0.25, 0.3) is 5.56 Å². The zero-order valence-electron chi connectivity index (χ0n) is 10.6. The summed E-state index contributed by atoms with van der Waals surface area (Å²) in [4.78, 5) is 23.4. The summed E-state index contributed by atoms with van der Waals surface area (Å²) in [5, 5.41) is 7.78. The van der Waals surface area contributed by atoms with E-state index < -0.39 is 0 Å². The van der Waals surface area contributed by atoms with Gasteiger partial charge in [-0.2, -0.15) is 5.10 Å². The van der Waals surface area contributed by atoms with E-state index in [-0.39, 0.29) is 17.8 Å². The molecule has 4 heteroatoms. The Kier molecular flexibility index (Phi) is 3.55. The Morgan fingerprint density at radius 1 is 1.28 bits per heavy atom. The molecule has 0 amide bonds. The summed E-state index contributed by atoms with van der Waals surface area (Å²) < 4.78 is 0. The Labute approximate surface area is 105 Å². The minimum atomic E-state index is -0.217. The maximum Gasteiger partial charge on any atom is 0.272 e.